The highest BCUT2D eigenvalue weighted by molar-refractivity contribution is 5.01. The molecule has 0 aliphatic carbocycles. The van der Waals surface area contributed by atoms with Crippen molar-refractivity contribution in [3.05, 3.63) is 30.1 Å². The number of nitrogens with zero attached hydrogens (tertiary/aromatic N) is 1. The molecule has 53 valence electrons. The van der Waals surface area contributed by atoms with E-state index < -0.39 is 0 Å². The van der Waals surface area contributed by atoms with Gasteiger partial charge in [0.1, 0.15) is 0 Å². The van der Waals surface area contributed by atoms with Crippen LogP contribution in [0.3, 0.4) is 0 Å². The molecule has 0 unspecified atom stereocenters. The van der Waals surface area contributed by atoms with Crippen LogP contribution in [0.4, 0.5) is 0 Å². The molecule has 0 bridgehead atoms. The van der Waals surface area contributed by atoms with Gasteiger partial charge in [-0.25, -0.2) is 0 Å². The zero-order chi connectivity index (χ0) is 7.40. The van der Waals surface area contributed by atoms with Crippen molar-refractivity contribution in [3.8, 4) is 0 Å². The standard InChI is InChI=1S/C9H12N/c1-8(2)7-9-5-3-4-6-10-9/h3-4,6,8H,7H2,1-2H3. The van der Waals surface area contributed by atoms with Gasteiger partial charge in [-0.05, 0) is 18.4 Å². The highest BCUT2D eigenvalue weighted by atomic mass is 14.7. The number of pyridine rings is 1. The molecule has 10 heavy (non-hydrogen) atoms. The molecule has 0 spiro atoms. The van der Waals surface area contributed by atoms with E-state index in [0.29, 0.717) is 5.92 Å². The van der Waals surface area contributed by atoms with Crippen molar-refractivity contribution in [2.24, 2.45) is 5.92 Å². The smallest absolute Gasteiger partial charge is 0.0485 e. The van der Waals surface area contributed by atoms with Crippen molar-refractivity contribution < 1.29 is 0 Å². The lowest BCUT2D eigenvalue weighted by Gasteiger charge is -2.00. The van der Waals surface area contributed by atoms with Gasteiger partial charge in [0.05, 0.1) is 0 Å². The lowest BCUT2D eigenvalue weighted by atomic mass is 10.1. The summed E-state index contributed by atoms with van der Waals surface area (Å²) in [5, 5.41) is 0. The Morgan fingerprint density at radius 1 is 1.60 bits per heavy atom. The van der Waals surface area contributed by atoms with Crippen LogP contribution in [0, 0.1) is 12.0 Å². The van der Waals surface area contributed by atoms with Crippen molar-refractivity contribution in [1.29, 1.82) is 0 Å². The summed E-state index contributed by atoms with van der Waals surface area (Å²) >= 11 is 0. The molecule has 1 heterocycles. The highest BCUT2D eigenvalue weighted by Gasteiger charge is 1.96. The Labute approximate surface area is 62.1 Å². The van der Waals surface area contributed by atoms with Crippen LogP contribution in [0.15, 0.2) is 18.3 Å². The molecule has 0 aromatic carbocycles. The van der Waals surface area contributed by atoms with Crippen LogP contribution in [0.1, 0.15) is 19.5 Å². The number of aromatic nitrogens is 1. The van der Waals surface area contributed by atoms with Crippen LogP contribution in [-0.2, 0) is 6.42 Å². The lowest BCUT2D eigenvalue weighted by Crippen LogP contribution is -1.95. The molecule has 1 heteroatoms. The first-order valence-corrected chi connectivity index (χ1v) is 3.60. The summed E-state index contributed by atoms with van der Waals surface area (Å²) in [4.78, 5) is 4.16. The van der Waals surface area contributed by atoms with E-state index in [0.717, 1.165) is 12.1 Å². The normalized spacial score (nSPS) is 10.3. The molecule has 1 aromatic heterocycles. The maximum absolute atomic E-state index is 4.16. The maximum Gasteiger partial charge on any atom is 0.0485 e. The second-order valence-corrected chi connectivity index (χ2v) is 2.83. The third-order valence-electron chi connectivity index (χ3n) is 1.26. The van der Waals surface area contributed by atoms with Crippen molar-refractivity contribution in [2.45, 2.75) is 20.3 Å². The number of rotatable bonds is 2. The Hall–Kier alpha value is -0.850. The zero-order valence-electron chi connectivity index (χ0n) is 6.46. The largest absolute Gasteiger partial charge is 0.261 e. The molecule has 0 saturated carbocycles. The predicted octanol–water partition coefficient (Wildman–Crippen LogP) is 2.08. The van der Waals surface area contributed by atoms with Gasteiger partial charge in [0.2, 0.25) is 0 Å². The second-order valence-electron chi connectivity index (χ2n) is 2.83. The van der Waals surface area contributed by atoms with Gasteiger partial charge in [-0.1, -0.05) is 19.9 Å². The van der Waals surface area contributed by atoms with Gasteiger partial charge < -0.3 is 0 Å². The third-order valence-corrected chi connectivity index (χ3v) is 1.26. The van der Waals surface area contributed by atoms with Gasteiger partial charge in [0.25, 0.3) is 0 Å². The number of hydrogen-bond acceptors (Lipinski definition) is 1. The SMILES string of the molecule is CC(C)Cc1[c]cccn1. The minimum absolute atomic E-state index is 0.672. The van der Waals surface area contributed by atoms with Gasteiger partial charge >= 0.3 is 0 Å². The van der Waals surface area contributed by atoms with E-state index in [1.807, 2.05) is 18.3 Å². The molecular formula is C9H12N. The van der Waals surface area contributed by atoms with E-state index >= 15 is 0 Å². The molecule has 0 N–H and O–H groups in total. The first-order valence-electron chi connectivity index (χ1n) is 3.60. The Balaban J connectivity index is 2.59. The van der Waals surface area contributed by atoms with Crippen molar-refractivity contribution >= 4 is 0 Å². The Morgan fingerprint density at radius 3 is 2.90 bits per heavy atom. The third kappa shape index (κ3) is 2.18. The van der Waals surface area contributed by atoms with E-state index in [1.54, 1.807) is 0 Å². The molecule has 0 fully saturated rings. The molecule has 0 atom stereocenters. The van der Waals surface area contributed by atoms with Gasteiger partial charge in [-0.2, -0.15) is 0 Å². The first kappa shape index (κ1) is 7.26. The minimum atomic E-state index is 0.672. The second kappa shape index (κ2) is 3.35. The van der Waals surface area contributed by atoms with Crippen LogP contribution >= 0.6 is 0 Å². The summed E-state index contributed by atoms with van der Waals surface area (Å²) in [5.74, 6) is 0.672. The molecule has 0 saturated heterocycles. The van der Waals surface area contributed by atoms with E-state index in [2.05, 4.69) is 24.9 Å². The van der Waals surface area contributed by atoms with Gasteiger partial charge in [-0.15, -0.1) is 0 Å². The fourth-order valence-electron chi connectivity index (χ4n) is 0.856. The van der Waals surface area contributed by atoms with E-state index in [1.165, 1.54) is 0 Å². The quantitative estimate of drug-likeness (QED) is 0.603. The average molecular weight is 134 g/mol. The molecule has 1 nitrogen and oxygen atoms in total. The molecule has 1 aromatic rings. The fraction of sp³-hybridized carbons (Fsp3) is 0.444. The fourth-order valence-corrected chi connectivity index (χ4v) is 0.856. The summed E-state index contributed by atoms with van der Waals surface area (Å²) < 4.78 is 0. The summed E-state index contributed by atoms with van der Waals surface area (Å²) in [6.07, 6.45) is 2.84. The van der Waals surface area contributed by atoms with E-state index in [4.69, 9.17) is 0 Å². The molecule has 0 amide bonds. The van der Waals surface area contributed by atoms with Crippen molar-refractivity contribution in [2.75, 3.05) is 0 Å². The van der Waals surface area contributed by atoms with Crippen molar-refractivity contribution in [3.63, 3.8) is 0 Å². The monoisotopic (exact) mass is 134 g/mol. The summed E-state index contributed by atoms with van der Waals surface area (Å²) in [6.45, 7) is 4.37. The van der Waals surface area contributed by atoms with Crippen LogP contribution < -0.4 is 0 Å². The van der Waals surface area contributed by atoms with Gasteiger partial charge in [0.15, 0.2) is 0 Å². The molecule has 0 aliphatic heterocycles. The molecule has 1 rings (SSSR count). The molecular weight excluding hydrogens is 122 g/mol. The summed E-state index contributed by atoms with van der Waals surface area (Å²) in [6, 6.07) is 6.89. The van der Waals surface area contributed by atoms with Crippen LogP contribution in [0.2, 0.25) is 0 Å². The van der Waals surface area contributed by atoms with E-state index in [-0.39, 0.29) is 0 Å². The van der Waals surface area contributed by atoms with Gasteiger partial charge in [0, 0.05) is 18.0 Å². The first-order chi connectivity index (χ1) is 4.79. The summed E-state index contributed by atoms with van der Waals surface area (Å²) in [5.41, 5.74) is 1.07. The number of hydrogen-bond donors (Lipinski definition) is 0. The Morgan fingerprint density at radius 2 is 2.40 bits per heavy atom. The molecule has 0 aliphatic rings. The summed E-state index contributed by atoms with van der Waals surface area (Å²) in [7, 11) is 0. The van der Waals surface area contributed by atoms with Crippen molar-refractivity contribution in [1.82, 2.24) is 4.98 Å². The predicted molar refractivity (Wildman–Crippen MR) is 41.6 cm³/mol. The highest BCUT2D eigenvalue weighted by Crippen LogP contribution is 2.02. The topological polar surface area (TPSA) is 12.9 Å². The van der Waals surface area contributed by atoms with Gasteiger partial charge in [-0.3, -0.25) is 4.98 Å². The van der Waals surface area contributed by atoms with E-state index in [9.17, 15) is 0 Å². The Kier molecular flexibility index (Phi) is 2.43. The lowest BCUT2D eigenvalue weighted by molar-refractivity contribution is 0.635. The minimum Gasteiger partial charge on any atom is -0.261 e. The zero-order valence-corrected chi connectivity index (χ0v) is 6.46. The average Bonchev–Trinajstić information content (AvgIpc) is 1.88. The Bertz CT molecular complexity index is 179. The van der Waals surface area contributed by atoms with Crippen LogP contribution in [0.5, 0.6) is 0 Å². The van der Waals surface area contributed by atoms with Crippen LogP contribution in [0.25, 0.3) is 0 Å². The molecule has 1 radical (unpaired) electrons. The maximum atomic E-state index is 4.16. The van der Waals surface area contributed by atoms with Crippen LogP contribution in [-0.4, -0.2) is 4.98 Å².